The van der Waals surface area contributed by atoms with Crippen LogP contribution in [0.25, 0.3) is 0 Å². The maximum atomic E-state index is 12.2. The molecule has 1 fully saturated rings. The van der Waals surface area contributed by atoms with Crippen molar-refractivity contribution in [2.24, 2.45) is 0 Å². The largest absolute Gasteiger partial charge is 0.393 e. The average Bonchev–Trinajstić information content (AvgIpc) is 2.52. The molecule has 116 valence electrons. The predicted molar refractivity (Wildman–Crippen MR) is 84.1 cm³/mol. The number of benzene rings is 1. The Balaban J connectivity index is 1.91. The zero-order chi connectivity index (χ0) is 15.1. The second kappa shape index (κ2) is 8.15. The highest BCUT2D eigenvalue weighted by molar-refractivity contribution is 5.81. The van der Waals surface area contributed by atoms with Crippen molar-refractivity contribution in [1.29, 1.82) is 0 Å². The number of aliphatic hydroxyl groups is 1. The SMILES string of the molecule is CC(O)CC(CNC(=O)C1CCCCN1)c1ccccc1. The molecular weight excluding hydrogens is 264 g/mol. The number of aliphatic hydroxyl groups excluding tert-OH is 1. The molecule has 0 saturated carbocycles. The molecule has 1 amide bonds. The van der Waals surface area contributed by atoms with Crippen molar-refractivity contribution < 1.29 is 9.90 Å². The van der Waals surface area contributed by atoms with Gasteiger partial charge in [0.1, 0.15) is 0 Å². The molecule has 0 radical (unpaired) electrons. The van der Waals surface area contributed by atoms with Crippen LogP contribution in [0.5, 0.6) is 0 Å². The summed E-state index contributed by atoms with van der Waals surface area (Å²) in [7, 11) is 0. The fourth-order valence-electron chi connectivity index (χ4n) is 2.90. The van der Waals surface area contributed by atoms with E-state index in [9.17, 15) is 9.90 Å². The number of carbonyl (C=O) groups excluding carboxylic acids is 1. The van der Waals surface area contributed by atoms with Crippen molar-refractivity contribution in [2.45, 2.75) is 50.7 Å². The maximum Gasteiger partial charge on any atom is 0.237 e. The molecule has 0 bridgehead atoms. The van der Waals surface area contributed by atoms with Gasteiger partial charge in [-0.3, -0.25) is 4.79 Å². The summed E-state index contributed by atoms with van der Waals surface area (Å²) in [6.45, 7) is 3.29. The van der Waals surface area contributed by atoms with Gasteiger partial charge in [0.25, 0.3) is 0 Å². The molecule has 3 N–H and O–H groups in total. The minimum atomic E-state index is -0.375. The van der Waals surface area contributed by atoms with E-state index in [2.05, 4.69) is 22.8 Å². The van der Waals surface area contributed by atoms with E-state index >= 15 is 0 Å². The Labute approximate surface area is 126 Å². The van der Waals surface area contributed by atoms with Gasteiger partial charge in [0, 0.05) is 12.5 Å². The molecule has 1 heterocycles. The van der Waals surface area contributed by atoms with E-state index in [0.717, 1.165) is 31.4 Å². The standard InChI is InChI=1S/C17H26N2O2/c1-13(20)11-15(14-7-3-2-4-8-14)12-19-17(21)16-9-5-6-10-18-16/h2-4,7-8,13,15-16,18,20H,5-6,9-12H2,1H3,(H,19,21). The van der Waals surface area contributed by atoms with E-state index in [0.29, 0.717) is 13.0 Å². The summed E-state index contributed by atoms with van der Waals surface area (Å²) in [4.78, 5) is 12.2. The third-order valence-corrected chi connectivity index (χ3v) is 4.05. The summed E-state index contributed by atoms with van der Waals surface area (Å²) < 4.78 is 0. The van der Waals surface area contributed by atoms with Gasteiger partial charge in [0.05, 0.1) is 12.1 Å². The van der Waals surface area contributed by atoms with E-state index in [4.69, 9.17) is 0 Å². The minimum absolute atomic E-state index is 0.0540. The van der Waals surface area contributed by atoms with Crippen LogP contribution in [0.15, 0.2) is 30.3 Å². The monoisotopic (exact) mass is 290 g/mol. The average molecular weight is 290 g/mol. The van der Waals surface area contributed by atoms with Gasteiger partial charge in [0.2, 0.25) is 5.91 Å². The highest BCUT2D eigenvalue weighted by Gasteiger charge is 2.22. The van der Waals surface area contributed by atoms with Crippen molar-refractivity contribution in [3.05, 3.63) is 35.9 Å². The molecule has 1 aliphatic heterocycles. The molecule has 1 aromatic carbocycles. The second-order valence-corrected chi connectivity index (χ2v) is 5.94. The third-order valence-electron chi connectivity index (χ3n) is 4.05. The van der Waals surface area contributed by atoms with Crippen LogP contribution in [-0.4, -0.2) is 36.2 Å². The normalized spacial score (nSPS) is 21.5. The summed E-state index contributed by atoms with van der Waals surface area (Å²) >= 11 is 0. The second-order valence-electron chi connectivity index (χ2n) is 5.94. The van der Waals surface area contributed by atoms with Crippen LogP contribution < -0.4 is 10.6 Å². The molecule has 3 unspecified atom stereocenters. The summed E-state index contributed by atoms with van der Waals surface area (Å²) in [6.07, 6.45) is 3.46. The topological polar surface area (TPSA) is 61.4 Å². The summed E-state index contributed by atoms with van der Waals surface area (Å²) in [5.74, 6) is 0.236. The molecule has 0 spiro atoms. The summed E-state index contributed by atoms with van der Waals surface area (Å²) in [6, 6.07) is 10.0. The molecular formula is C17H26N2O2. The summed E-state index contributed by atoms with van der Waals surface area (Å²) in [5, 5.41) is 16.0. The quantitative estimate of drug-likeness (QED) is 0.748. The van der Waals surface area contributed by atoms with Crippen LogP contribution in [-0.2, 0) is 4.79 Å². The molecule has 1 aromatic rings. The number of piperidine rings is 1. The Hall–Kier alpha value is -1.39. The lowest BCUT2D eigenvalue weighted by molar-refractivity contribution is -0.123. The van der Waals surface area contributed by atoms with Gasteiger partial charge in [0.15, 0.2) is 0 Å². The zero-order valence-electron chi connectivity index (χ0n) is 12.7. The highest BCUT2D eigenvalue weighted by atomic mass is 16.3. The number of hydrogen-bond donors (Lipinski definition) is 3. The van der Waals surface area contributed by atoms with Crippen molar-refractivity contribution in [2.75, 3.05) is 13.1 Å². The van der Waals surface area contributed by atoms with Crippen molar-refractivity contribution in [3.63, 3.8) is 0 Å². The molecule has 2 rings (SSSR count). The van der Waals surface area contributed by atoms with Gasteiger partial charge < -0.3 is 15.7 Å². The lowest BCUT2D eigenvalue weighted by Gasteiger charge is -2.25. The maximum absolute atomic E-state index is 12.2. The number of nitrogens with one attached hydrogen (secondary N) is 2. The number of rotatable bonds is 6. The van der Waals surface area contributed by atoms with E-state index in [1.807, 2.05) is 18.2 Å². The van der Waals surface area contributed by atoms with Gasteiger partial charge in [-0.05, 0) is 38.3 Å². The van der Waals surface area contributed by atoms with Crippen molar-refractivity contribution >= 4 is 5.91 Å². The van der Waals surface area contributed by atoms with Crippen LogP contribution in [0, 0.1) is 0 Å². The minimum Gasteiger partial charge on any atom is -0.393 e. The van der Waals surface area contributed by atoms with E-state index in [1.54, 1.807) is 6.92 Å². The van der Waals surface area contributed by atoms with Crippen molar-refractivity contribution in [1.82, 2.24) is 10.6 Å². The number of amides is 1. The van der Waals surface area contributed by atoms with E-state index < -0.39 is 0 Å². The Kier molecular flexibility index (Phi) is 6.21. The molecule has 0 aromatic heterocycles. The molecule has 1 aliphatic rings. The molecule has 0 aliphatic carbocycles. The fraction of sp³-hybridized carbons (Fsp3) is 0.588. The number of carbonyl (C=O) groups is 1. The highest BCUT2D eigenvalue weighted by Crippen LogP contribution is 2.20. The van der Waals surface area contributed by atoms with E-state index in [-0.39, 0.29) is 24.0 Å². The molecule has 3 atom stereocenters. The first kappa shape index (κ1) is 16.0. The Morgan fingerprint density at radius 2 is 2.14 bits per heavy atom. The Morgan fingerprint density at radius 3 is 2.76 bits per heavy atom. The zero-order valence-corrected chi connectivity index (χ0v) is 12.7. The predicted octanol–water partition coefficient (Wildman–Crippen LogP) is 1.80. The Bertz CT molecular complexity index is 428. The van der Waals surface area contributed by atoms with Gasteiger partial charge >= 0.3 is 0 Å². The van der Waals surface area contributed by atoms with Crippen LogP contribution in [0.4, 0.5) is 0 Å². The fourth-order valence-corrected chi connectivity index (χ4v) is 2.90. The first-order valence-electron chi connectivity index (χ1n) is 7.91. The van der Waals surface area contributed by atoms with Crippen LogP contribution >= 0.6 is 0 Å². The first-order chi connectivity index (χ1) is 10.2. The lowest BCUT2D eigenvalue weighted by Crippen LogP contribution is -2.47. The van der Waals surface area contributed by atoms with Crippen LogP contribution in [0.3, 0.4) is 0 Å². The van der Waals surface area contributed by atoms with Gasteiger partial charge in [-0.15, -0.1) is 0 Å². The van der Waals surface area contributed by atoms with Gasteiger partial charge in [-0.2, -0.15) is 0 Å². The Morgan fingerprint density at radius 1 is 1.38 bits per heavy atom. The van der Waals surface area contributed by atoms with Gasteiger partial charge in [-0.25, -0.2) is 0 Å². The molecule has 4 nitrogen and oxygen atoms in total. The smallest absolute Gasteiger partial charge is 0.237 e. The molecule has 1 saturated heterocycles. The first-order valence-corrected chi connectivity index (χ1v) is 7.91. The molecule has 4 heteroatoms. The summed E-state index contributed by atoms with van der Waals surface area (Å²) in [5.41, 5.74) is 1.16. The van der Waals surface area contributed by atoms with Crippen LogP contribution in [0.2, 0.25) is 0 Å². The van der Waals surface area contributed by atoms with E-state index in [1.165, 1.54) is 0 Å². The van der Waals surface area contributed by atoms with Crippen molar-refractivity contribution in [3.8, 4) is 0 Å². The van der Waals surface area contributed by atoms with Crippen LogP contribution in [0.1, 0.15) is 44.1 Å². The molecule has 21 heavy (non-hydrogen) atoms. The lowest BCUT2D eigenvalue weighted by atomic mass is 9.93. The van der Waals surface area contributed by atoms with Gasteiger partial charge in [-0.1, -0.05) is 36.8 Å². The number of hydrogen-bond acceptors (Lipinski definition) is 3. The third kappa shape index (κ3) is 5.14.